The maximum atomic E-state index is 12.2. The molecule has 0 saturated carbocycles. The molecule has 2 aromatic rings. The molecule has 0 fully saturated rings. The first kappa shape index (κ1) is 12.8. The Bertz CT molecular complexity index is 620. The molecule has 1 atom stereocenters. The summed E-state index contributed by atoms with van der Waals surface area (Å²) in [4.78, 5) is 12.2. The highest BCUT2D eigenvalue weighted by Gasteiger charge is 2.11. The van der Waals surface area contributed by atoms with Gasteiger partial charge in [-0.05, 0) is 41.4 Å². The summed E-state index contributed by atoms with van der Waals surface area (Å²) in [6.45, 7) is 1.86. The lowest BCUT2D eigenvalue weighted by molar-refractivity contribution is 0.583. The molecular formula is C12H11Br2NO2. The number of rotatable bonds is 2. The second-order valence-electron chi connectivity index (χ2n) is 4.04. The molecule has 0 spiro atoms. The molecule has 90 valence electrons. The van der Waals surface area contributed by atoms with Gasteiger partial charge in [0.05, 0.1) is 16.1 Å². The molecule has 0 aliphatic carbocycles. The maximum Gasteiger partial charge on any atom is 0.195 e. The zero-order chi connectivity index (χ0) is 12.6. The van der Waals surface area contributed by atoms with Gasteiger partial charge in [0.2, 0.25) is 0 Å². The maximum absolute atomic E-state index is 12.2. The molecule has 17 heavy (non-hydrogen) atoms. The number of nitrogens with two attached hydrogens (primary N) is 1. The Balaban J connectivity index is 2.71. The lowest BCUT2D eigenvalue weighted by atomic mass is 10.1. The molecule has 0 aliphatic rings. The normalized spacial score (nSPS) is 12.9. The highest BCUT2D eigenvalue weighted by Crippen LogP contribution is 2.27. The molecule has 0 aliphatic heterocycles. The van der Waals surface area contributed by atoms with Gasteiger partial charge in [-0.3, -0.25) is 4.79 Å². The summed E-state index contributed by atoms with van der Waals surface area (Å²) >= 11 is 6.73. The Kier molecular flexibility index (Phi) is 3.70. The summed E-state index contributed by atoms with van der Waals surface area (Å²) < 4.78 is 7.08. The Hall–Kier alpha value is -0.650. The van der Waals surface area contributed by atoms with Crippen molar-refractivity contribution in [3.8, 4) is 0 Å². The van der Waals surface area contributed by atoms with Gasteiger partial charge in [0, 0.05) is 16.1 Å². The van der Waals surface area contributed by atoms with Gasteiger partial charge in [-0.25, -0.2) is 0 Å². The molecule has 1 heterocycles. The minimum absolute atomic E-state index is 0.0226. The van der Waals surface area contributed by atoms with E-state index in [1.54, 1.807) is 6.07 Å². The van der Waals surface area contributed by atoms with Crippen LogP contribution < -0.4 is 11.2 Å². The number of hydrogen-bond acceptors (Lipinski definition) is 3. The average Bonchev–Trinajstić information content (AvgIpc) is 2.22. The zero-order valence-corrected chi connectivity index (χ0v) is 12.3. The fraction of sp³-hybridized carbons (Fsp3) is 0.250. The van der Waals surface area contributed by atoms with E-state index in [2.05, 4.69) is 31.9 Å². The van der Waals surface area contributed by atoms with Crippen molar-refractivity contribution in [2.75, 3.05) is 0 Å². The summed E-state index contributed by atoms with van der Waals surface area (Å²) in [7, 11) is 0. The molecule has 0 radical (unpaired) electrons. The summed E-state index contributed by atoms with van der Waals surface area (Å²) in [5.74, 6) is 0. The van der Waals surface area contributed by atoms with Crippen LogP contribution in [0.5, 0.6) is 0 Å². The van der Waals surface area contributed by atoms with Crippen molar-refractivity contribution >= 4 is 42.8 Å². The van der Waals surface area contributed by atoms with Crippen LogP contribution in [0.1, 0.15) is 12.5 Å². The van der Waals surface area contributed by atoms with E-state index in [0.29, 0.717) is 23.0 Å². The van der Waals surface area contributed by atoms with E-state index in [9.17, 15) is 4.79 Å². The molecule has 2 rings (SSSR count). The van der Waals surface area contributed by atoms with Gasteiger partial charge in [-0.15, -0.1) is 0 Å². The Morgan fingerprint density at radius 2 is 2.12 bits per heavy atom. The Labute approximate surface area is 115 Å². The molecule has 1 aromatic carbocycles. The van der Waals surface area contributed by atoms with Gasteiger partial charge in [0.15, 0.2) is 11.0 Å². The largest absolute Gasteiger partial charge is 0.463 e. The quantitative estimate of drug-likeness (QED) is 0.894. The third-order valence-corrected chi connectivity index (χ3v) is 3.45. The van der Waals surface area contributed by atoms with Crippen molar-refractivity contribution in [1.29, 1.82) is 0 Å². The van der Waals surface area contributed by atoms with Crippen LogP contribution in [0.25, 0.3) is 11.0 Å². The van der Waals surface area contributed by atoms with Crippen molar-refractivity contribution in [2.24, 2.45) is 5.73 Å². The van der Waals surface area contributed by atoms with Crippen molar-refractivity contribution < 1.29 is 4.42 Å². The highest BCUT2D eigenvalue weighted by atomic mass is 79.9. The first-order chi connectivity index (χ1) is 7.99. The van der Waals surface area contributed by atoms with E-state index in [-0.39, 0.29) is 11.5 Å². The second-order valence-corrected chi connectivity index (χ2v) is 5.81. The zero-order valence-electron chi connectivity index (χ0n) is 9.17. The van der Waals surface area contributed by atoms with Crippen molar-refractivity contribution in [1.82, 2.24) is 0 Å². The van der Waals surface area contributed by atoms with Crippen LogP contribution in [0, 0.1) is 0 Å². The van der Waals surface area contributed by atoms with Gasteiger partial charge in [-0.1, -0.05) is 15.9 Å². The van der Waals surface area contributed by atoms with Crippen LogP contribution in [-0.2, 0) is 6.42 Å². The predicted molar refractivity (Wildman–Crippen MR) is 75.2 cm³/mol. The van der Waals surface area contributed by atoms with E-state index in [0.717, 1.165) is 8.95 Å². The minimum Gasteiger partial charge on any atom is -0.463 e. The van der Waals surface area contributed by atoms with Crippen molar-refractivity contribution in [3.63, 3.8) is 0 Å². The van der Waals surface area contributed by atoms with Gasteiger partial charge in [-0.2, -0.15) is 0 Å². The third kappa shape index (κ3) is 2.61. The highest BCUT2D eigenvalue weighted by molar-refractivity contribution is 9.11. The third-order valence-electron chi connectivity index (χ3n) is 2.41. The lowest BCUT2D eigenvalue weighted by Crippen LogP contribution is -2.22. The van der Waals surface area contributed by atoms with Gasteiger partial charge in [0.1, 0.15) is 0 Å². The van der Waals surface area contributed by atoms with E-state index in [1.165, 1.54) is 6.26 Å². The SMILES string of the molecule is CC(N)Cc1coc2c(Br)cc(Br)cc2c1=O. The van der Waals surface area contributed by atoms with E-state index in [1.807, 2.05) is 13.0 Å². The van der Waals surface area contributed by atoms with E-state index < -0.39 is 0 Å². The van der Waals surface area contributed by atoms with Crippen LogP contribution >= 0.6 is 31.9 Å². The van der Waals surface area contributed by atoms with E-state index in [4.69, 9.17) is 10.2 Å². The first-order valence-corrected chi connectivity index (χ1v) is 6.72. The van der Waals surface area contributed by atoms with Crippen molar-refractivity contribution in [2.45, 2.75) is 19.4 Å². The molecule has 1 unspecified atom stereocenters. The van der Waals surface area contributed by atoms with Crippen LogP contribution in [0.4, 0.5) is 0 Å². The molecule has 0 saturated heterocycles. The van der Waals surface area contributed by atoms with Gasteiger partial charge in [0.25, 0.3) is 0 Å². The molecular weight excluding hydrogens is 350 g/mol. The molecule has 1 aromatic heterocycles. The van der Waals surface area contributed by atoms with E-state index >= 15 is 0 Å². The number of halogens is 2. The number of hydrogen-bond donors (Lipinski definition) is 1. The molecule has 5 heteroatoms. The number of benzene rings is 1. The minimum atomic E-state index is -0.0639. The fourth-order valence-electron chi connectivity index (χ4n) is 1.69. The first-order valence-electron chi connectivity index (χ1n) is 5.14. The Morgan fingerprint density at radius 1 is 1.41 bits per heavy atom. The van der Waals surface area contributed by atoms with Crippen LogP contribution in [0.3, 0.4) is 0 Å². The molecule has 0 amide bonds. The lowest BCUT2D eigenvalue weighted by Gasteiger charge is -2.06. The van der Waals surface area contributed by atoms with Crippen molar-refractivity contribution in [3.05, 3.63) is 43.1 Å². The van der Waals surface area contributed by atoms with Crippen LogP contribution in [0.2, 0.25) is 0 Å². The monoisotopic (exact) mass is 359 g/mol. The summed E-state index contributed by atoms with van der Waals surface area (Å²) in [6.07, 6.45) is 2.01. The number of fused-ring (bicyclic) bond motifs is 1. The summed E-state index contributed by atoms with van der Waals surface area (Å²) in [5.41, 5.74) is 6.85. The molecule has 0 bridgehead atoms. The summed E-state index contributed by atoms with van der Waals surface area (Å²) in [5, 5.41) is 0.560. The Morgan fingerprint density at radius 3 is 2.76 bits per heavy atom. The van der Waals surface area contributed by atoms with Crippen LogP contribution in [-0.4, -0.2) is 6.04 Å². The average molecular weight is 361 g/mol. The van der Waals surface area contributed by atoms with Gasteiger partial charge >= 0.3 is 0 Å². The second kappa shape index (κ2) is 4.92. The standard InChI is InChI=1S/C12H11Br2NO2/c1-6(15)2-7-5-17-12-9(11(7)16)3-8(13)4-10(12)14/h3-6H,2,15H2,1H3. The molecule has 2 N–H and O–H groups in total. The van der Waals surface area contributed by atoms with Gasteiger partial charge < -0.3 is 10.2 Å². The summed E-state index contributed by atoms with van der Waals surface area (Å²) in [6, 6.07) is 3.54. The molecule has 3 nitrogen and oxygen atoms in total. The smallest absolute Gasteiger partial charge is 0.195 e. The van der Waals surface area contributed by atoms with Crippen LogP contribution in [0.15, 0.2) is 36.6 Å². The topological polar surface area (TPSA) is 56.2 Å². The fourth-order valence-corrected chi connectivity index (χ4v) is 3.01. The predicted octanol–water partition coefficient (Wildman–Crippen LogP) is 3.21.